The van der Waals surface area contributed by atoms with Gasteiger partial charge >= 0.3 is 0 Å². The summed E-state index contributed by atoms with van der Waals surface area (Å²) >= 11 is 0. The van der Waals surface area contributed by atoms with Gasteiger partial charge in [-0.1, -0.05) is 23.4 Å². The van der Waals surface area contributed by atoms with Crippen LogP contribution in [0.15, 0.2) is 24.3 Å². The second kappa shape index (κ2) is 7.68. The van der Waals surface area contributed by atoms with Crippen molar-refractivity contribution >= 4 is 5.91 Å². The average molecular weight is 369 g/mol. The van der Waals surface area contributed by atoms with Crippen molar-refractivity contribution in [2.45, 2.75) is 44.7 Å². The van der Waals surface area contributed by atoms with Gasteiger partial charge in [0.1, 0.15) is 5.75 Å². The first kappa shape index (κ1) is 18.0. The number of amides is 1. The number of hydrogen-bond donors (Lipinski definition) is 1. The Hall–Kier alpha value is -2.41. The van der Waals surface area contributed by atoms with Gasteiger partial charge in [-0.3, -0.25) is 4.79 Å². The standard InChI is InChI=1S/C20H27N5O2/c1-14-19(22-23-25(14)15-9-11-21-12-10-15)20(26)24-13-5-7-17(24)16-6-3-4-8-18(16)27-2/h3-4,6,8,15,17,21H,5,7,9-13H2,1-2H3. The van der Waals surface area contributed by atoms with E-state index in [1.807, 2.05) is 40.8 Å². The number of nitrogens with zero attached hydrogens (tertiary/aromatic N) is 4. The zero-order valence-corrected chi connectivity index (χ0v) is 16.0. The van der Waals surface area contributed by atoms with Gasteiger partial charge < -0.3 is 15.0 Å². The highest BCUT2D eigenvalue weighted by Gasteiger charge is 2.35. The molecule has 0 aliphatic carbocycles. The molecule has 0 saturated carbocycles. The van der Waals surface area contributed by atoms with Gasteiger partial charge in [-0.2, -0.15) is 0 Å². The molecule has 1 N–H and O–H groups in total. The molecule has 0 radical (unpaired) electrons. The van der Waals surface area contributed by atoms with Gasteiger partial charge in [-0.25, -0.2) is 4.68 Å². The lowest BCUT2D eigenvalue weighted by molar-refractivity contribution is 0.0727. The van der Waals surface area contributed by atoms with Crippen LogP contribution in [0.4, 0.5) is 0 Å². The lowest BCUT2D eigenvalue weighted by Gasteiger charge is -2.26. The van der Waals surface area contributed by atoms with Crippen LogP contribution < -0.4 is 10.1 Å². The lowest BCUT2D eigenvalue weighted by atomic mass is 10.0. The largest absolute Gasteiger partial charge is 0.496 e. The number of carbonyl (C=O) groups excluding carboxylic acids is 1. The molecule has 1 atom stereocenters. The number of aromatic nitrogens is 3. The van der Waals surface area contributed by atoms with Crippen molar-refractivity contribution in [1.29, 1.82) is 0 Å². The molecule has 2 saturated heterocycles. The Bertz CT molecular complexity index is 812. The first-order valence-electron chi connectivity index (χ1n) is 9.77. The van der Waals surface area contributed by atoms with Crippen LogP contribution in [0.2, 0.25) is 0 Å². The van der Waals surface area contributed by atoms with Gasteiger partial charge in [0.25, 0.3) is 5.91 Å². The fourth-order valence-corrected chi connectivity index (χ4v) is 4.35. The van der Waals surface area contributed by atoms with Gasteiger partial charge in [0.2, 0.25) is 0 Å². The number of piperidine rings is 1. The van der Waals surface area contributed by atoms with Crippen LogP contribution in [0.1, 0.15) is 59.5 Å². The smallest absolute Gasteiger partial charge is 0.276 e. The topological polar surface area (TPSA) is 72.3 Å². The van der Waals surface area contributed by atoms with Crippen molar-refractivity contribution in [3.05, 3.63) is 41.2 Å². The Kier molecular flexibility index (Phi) is 5.11. The molecule has 2 aliphatic rings. The Morgan fingerprint density at radius 2 is 2.00 bits per heavy atom. The molecule has 27 heavy (non-hydrogen) atoms. The predicted molar refractivity (Wildman–Crippen MR) is 102 cm³/mol. The number of carbonyl (C=O) groups is 1. The molecule has 1 unspecified atom stereocenters. The molecule has 144 valence electrons. The summed E-state index contributed by atoms with van der Waals surface area (Å²) in [5, 5.41) is 12.0. The Labute approximate surface area is 159 Å². The van der Waals surface area contributed by atoms with Crippen molar-refractivity contribution in [2.24, 2.45) is 0 Å². The summed E-state index contributed by atoms with van der Waals surface area (Å²) in [5.41, 5.74) is 2.42. The molecule has 1 aromatic heterocycles. The predicted octanol–water partition coefficient (Wildman–Crippen LogP) is 2.50. The van der Waals surface area contributed by atoms with Crippen LogP contribution in [0, 0.1) is 6.92 Å². The van der Waals surface area contributed by atoms with Gasteiger partial charge in [0, 0.05) is 12.1 Å². The molecule has 1 amide bonds. The normalized spacial score (nSPS) is 20.8. The molecule has 0 bridgehead atoms. The number of rotatable bonds is 4. The van der Waals surface area contributed by atoms with Gasteiger partial charge in [0.15, 0.2) is 5.69 Å². The van der Waals surface area contributed by atoms with E-state index >= 15 is 0 Å². The maximum atomic E-state index is 13.3. The minimum atomic E-state index is -0.0268. The zero-order chi connectivity index (χ0) is 18.8. The van der Waals surface area contributed by atoms with Gasteiger partial charge in [-0.15, -0.1) is 5.10 Å². The number of hydrogen-bond acceptors (Lipinski definition) is 5. The lowest BCUT2D eigenvalue weighted by Crippen LogP contribution is -2.32. The van der Waals surface area contributed by atoms with Crippen molar-refractivity contribution in [1.82, 2.24) is 25.2 Å². The number of benzene rings is 1. The highest BCUT2D eigenvalue weighted by Crippen LogP contribution is 2.37. The van der Waals surface area contributed by atoms with E-state index in [0.717, 1.165) is 62.3 Å². The second-order valence-corrected chi connectivity index (χ2v) is 7.35. The minimum Gasteiger partial charge on any atom is -0.496 e. The summed E-state index contributed by atoms with van der Waals surface area (Å²) in [4.78, 5) is 15.2. The van der Waals surface area contributed by atoms with E-state index in [1.165, 1.54) is 0 Å². The van der Waals surface area contributed by atoms with Crippen molar-refractivity contribution in [3.63, 3.8) is 0 Å². The molecule has 0 spiro atoms. The number of para-hydroxylation sites is 1. The number of nitrogens with one attached hydrogen (secondary N) is 1. The molecule has 7 heteroatoms. The van der Waals surface area contributed by atoms with E-state index in [1.54, 1.807) is 7.11 Å². The fraction of sp³-hybridized carbons (Fsp3) is 0.550. The van der Waals surface area contributed by atoms with E-state index in [-0.39, 0.29) is 11.9 Å². The molecule has 2 aromatic rings. The monoisotopic (exact) mass is 369 g/mol. The average Bonchev–Trinajstić information content (AvgIpc) is 3.35. The van der Waals surface area contributed by atoms with Crippen LogP contribution in [-0.4, -0.2) is 52.5 Å². The van der Waals surface area contributed by atoms with Gasteiger partial charge in [-0.05, 0) is 51.8 Å². The van der Waals surface area contributed by atoms with Crippen molar-refractivity contribution < 1.29 is 9.53 Å². The number of ether oxygens (including phenoxy) is 1. The third-order valence-electron chi connectivity index (χ3n) is 5.80. The summed E-state index contributed by atoms with van der Waals surface area (Å²) in [6, 6.07) is 8.30. The summed E-state index contributed by atoms with van der Waals surface area (Å²) in [5.74, 6) is 0.804. The second-order valence-electron chi connectivity index (χ2n) is 7.35. The minimum absolute atomic E-state index is 0.0251. The third-order valence-corrected chi connectivity index (χ3v) is 5.80. The van der Waals surface area contributed by atoms with Crippen LogP contribution in [0.5, 0.6) is 5.75 Å². The van der Waals surface area contributed by atoms with Crippen LogP contribution in [0.3, 0.4) is 0 Å². The summed E-state index contributed by atoms with van der Waals surface area (Å²) in [6.45, 7) is 4.66. The maximum absolute atomic E-state index is 13.3. The van der Waals surface area contributed by atoms with Crippen LogP contribution in [0.25, 0.3) is 0 Å². The Morgan fingerprint density at radius 3 is 2.78 bits per heavy atom. The highest BCUT2D eigenvalue weighted by molar-refractivity contribution is 5.93. The molecule has 4 rings (SSSR count). The SMILES string of the molecule is COc1ccccc1C1CCCN1C(=O)c1nnn(C2CCNCC2)c1C. The van der Waals surface area contributed by atoms with Crippen LogP contribution in [-0.2, 0) is 0 Å². The van der Waals surface area contributed by atoms with E-state index in [9.17, 15) is 4.79 Å². The van der Waals surface area contributed by atoms with E-state index in [0.29, 0.717) is 11.7 Å². The molecule has 2 aliphatic heterocycles. The third kappa shape index (κ3) is 3.32. The number of likely N-dealkylation sites (tertiary alicyclic amines) is 1. The number of methoxy groups -OCH3 is 1. The zero-order valence-electron chi connectivity index (χ0n) is 16.0. The Morgan fingerprint density at radius 1 is 1.22 bits per heavy atom. The van der Waals surface area contributed by atoms with E-state index < -0.39 is 0 Å². The quantitative estimate of drug-likeness (QED) is 0.896. The first-order valence-corrected chi connectivity index (χ1v) is 9.77. The fourth-order valence-electron chi connectivity index (χ4n) is 4.35. The molecule has 7 nitrogen and oxygen atoms in total. The van der Waals surface area contributed by atoms with Gasteiger partial charge in [0.05, 0.1) is 24.9 Å². The molecular formula is C20H27N5O2. The molecular weight excluding hydrogens is 342 g/mol. The van der Waals surface area contributed by atoms with Crippen molar-refractivity contribution in [2.75, 3.05) is 26.7 Å². The summed E-state index contributed by atoms with van der Waals surface area (Å²) in [7, 11) is 1.68. The van der Waals surface area contributed by atoms with E-state index in [4.69, 9.17) is 4.74 Å². The molecule has 2 fully saturated rings. The van der Waals surface area contributed by atoms with Crippen LogP contribution >= 0.6 is 0 Å². The van der Waals surface area contributed by atoms with Crippen molar-refractivity contribution in [3.8, 4) is 5.75 Å². The van der Waals surface area contributed by atoms with E-state index in [2.05, 4.69) is 15.6 Å². The summed E-state index contributed by atoms with van der Waals surface area (Å²) < 4.78 is 7.47. The summed E-state index contributed by atoms with van der Waals surface area (Å²) in [6.07, 6.45) is 3.96. The molecule has 3 heterocycles. The maximum Gasteiger partial charge on any atom is 0.276 e. The first-order chi connectivity index (χ1) is 13.2. The molecule has 1 aromatic carbocycles. The Balaban J connectivity index is 1.59. The highest BCUT2D eigenvalue weighted by atomic mass is 16.5.